The van der Waals surface area contributed by atoms with Crippen LogP contribution in [0.2, 0.25) is 0 Å². The summed E-state index contributed by atoms with van der Waals surface area (Å²) in [6.07, 6.45) is -0.735. The lowest BCUT2D eigenvalue weighted by Crippen LogP contribution is -2.49. The molecule has 0 spiro atoms. The van der Waals surface area contributed by atoms with E-state index in [1.165, 1.54) is 36.3 Å². The van der Waals surface area contributed by atoms with E-state index in [0.717, 1.165) is 17.0 Å². The quantitative estimate of drug-likeness (QED) is 0.281. The van der Waals surface area contributed by atoms with Crippen LogP contribution >= 0.6 is 0 Å². The first kappa shape index (κ1) is 26.0. The third-order valence-corrected chi connectivity index (χ3v) is 5.90. The molecular weight excluding hydrogens is 527 g/mol. The zero-order valence-electron chi connectivity index (χ0n) is 20.1. The van der Waals surface area contributed by atoms with Crippen LogP contribution in [0.15, 0.2) is 65.8 Å². The van der Waals surface area contributed by atoms with Gasteiger partial charge in [0.25, 0.3) is 0 Å². The summed E-state index contributed by atoms with van der Waals surface area (Å²) >= 11 is 0. The van der Waals surface area contributed by atoms with Gasteiger partial charge in [-0.1, -0.05) is 23.4 Å². The number of aromatic nitrogens is 7. The molecule has 2 N–H and O–H groups in total. The molecule has 1 unspecified atom stereocenters. The molecule has 0 amide bonds. The van der Waals surface area contributed by atoms with E-state index in [4.69, 9.17) is 4.52 Å². The van der Waals surface area contributed by atoms with E-state index >= 15 is 0 Å². The Morgan fingerprint density at radius 2 is 1.85 bits per heavy atom. The van der Waals surface area contributed by atoms with Gasteiger partial charge in [0, 0.05) is 31.1 Å². The van der Waals surface area contributed by atoms with Crippen LogP contribution < -0.4 is 5.32 Å². The summed E-state index contributed by atoms with van der Waals surface area (Å²) in [7, 11) is 1.28. The smallest absolute Gasteiger partial charge is 0.373 e. The Morgan fingerprint density at radius 1 is 1.05 bits per heavy atom. The average Bonchev–Trinajstić information content (AvgIpc) is 3.65. The molecule has 1 aromatic carbocycles. The Balaban J connectivity index is 1.48. The van der Waals surface area contributed by atoms with E-state index in [2.05, 4.69) is 30.5 Å². The first-order valence-electron chi connectivity index (χ1n) is 11.3. The summed E-state index contributed by atoms with van der Waals surface area (Å²) in [6.45, 7) is -1.20. The number of anilines is 1. The first-order valence-corrected chi connectivity index (χ1v) is 11.3. The number of imidazole rings is 1. The van der Waals surface area contributed by atoms with Gasteiger partial charge in [0.05, 0.1) is 25.0 Å². The van der Waals surface area contributed by atoms with Crippen LogP contribution in [0.1, 0.15) is 11.4 Å². The number of aryl methyl sites for hydroxylation is 1. The molecule has 4 aromatic heterocycles. The topological polar surface area (TPSA) is 120 Å². The molecule has 202 valence electrons. The summed E-state index contributed by atoms with van der Waals surface area (Å²) in [6, 6.07) is 9.11. The lowest BCUT2D eigenvalue weighted by atomic mass is 10.0. The molecule has 0 aliphatic carbocycles. The molecular formula is C24H19F5N8O2. The maximum atomic E-state index is 14.6. The van der Waals surface area contributed by atoms with Crippen molar-refractivity contribution < 1.29 is 31.6 Å². The summed E-state index contributed by atoms with van der Waals surface area (Å²) < 4.78 is 77.8. The number of rotatable bonds is 8. The van der Waals surface area contributed by atoms with E-state index in [0.29, 0.717) is 17.0 Å². The van der Waals surface area contributed by atoms with Gasteiger partial charge >= 0.3 is 6.18 Å². The Bertz CT molecular complexity index is 1600. The number of halogens is 5. The summed E-state index contributed by atoms with van der Waals surface area (Å²) in [5, 5.41) is 21.0. The SMILES string of the molecule is Cn1ccnc1C(O)(CNc1nc(-c2cc(-c3ccon3)n(Cc3ccccc3F)n2)ncc1F)C(F)(F)F. The van der Waals surface area contributed by atoms with Gasteiger partial charge in [-0.25, -0.2) is 23.7 Å². The van der Waals surface area contributed by atoms with E-state index in [9.17, 15) is 27.1 Å². The molecule has 0 fully saturated rings. The van der Waals surface area contributed by atoms with E-state index in [-0.39, 0.29) is 18.1 Å². The lowest BCUT2D eigenvalue weighted by molar-refractivity contribution is -0.264. The van der Waals surface area contributed by atoms with E-state index < -0.39 is 41.6 Å². The van der Waals surface area contributed by atoms with Crippen LogP contribution in [0.3, 0.4) is 0 Å². The van der Waals surface area contributed by atoms with Crippen molar-refractivity contribution in [3.8, 4) is 22.9 Å². The van der Waals surface area contributed by atoms with Crippen LogP contribution in [-0.4, -0.2) is 52.3 Å². The fourth-order valence-corrected chi connectivity index (χ4v) is 3.88. The highest BCUT2D eigenvalue weighted by Gasteiger charge is 2.57. The minimum absolute atomic E-state index is 0.0105. The van der Waals surface area contributed by atoms with Crippen LogP contribution in [0, 0.1) is 11.6 Å². The van der Waals surface area contributed by atoms with Crippen molar-refractivity contribution in [3.63, 3.8) is 0 Å². The van der Waals surface area contributed by atoms with Crippen molar-refractivity contribution in [3.05, 3.63) is 84.3 Å². The number of nitrogens with zero attached hydrogens (tertiary/aromatic N) is 7. The Labute approximate surface area is 216 Å². The van der Waals surface area contributed by atoms with Gasteiger partial charge in [0.2, 0.25) is 5.60 Å². The van der Waals surface area contributed by atoms with Gasteiger partial charge < -0.3 is 19.5 Å². The normalized spacial score (nSPS) is 13.4. The molecule has 0 aliphatic heterocycles. The number of hydrogen-bond donors (Lipinski definition) is 2. The van der Waals surface area contributed by atoms with Crippen LogP contribution in [0.5, 0.6) is 0 Å². The molecule has 5 rings (SSSR count). The van der Waals surface area contributed by atoms with Gasteiger partial charge in [-0.2, -0.15) is 18.3 Å². The number of hydrogen-bond acceptors (Lipinski definition) is 8. The van der Waals surface area contributed by atoms with Crippen molar-refractivity contribution in [1.29, 1.82) is 0 Å². The van der Waals surface area contributed by atoms with Crippen molar-refractivity contribution in [2.24, 2.45) is 7.05 Å². The Hall–Kier alpha value is -4.66. The van der Waals surface area contributed by atoms with Gasteiger partial charge in [0.1, 0.15) is 23.5 Å². The third-order valence-electron chi connectivity index (χ3n) is 5.90. The van der Waals surface area contributed by atoms with Crippen molar-refractivity contribution in [2.45, 2.75) is 18.3 Å². The second-order valence-corrected chi connectivity index (χ2v) is 8.51. The maximum absolute atomic E-state index is 14.6. The molecule has 4 heterocycles. The van der Waals surface area contributed by atoms with Crippen LogP contribution in [0.25, 0.3) is 22.9 Å². The predicted octanol–water partition coefficient (Wildman–Crippen LogP) is 3.92. The number of alkyl halides is 3. The average molecular weight is 546 g/mol. The fraction of sp³-hybridized carbons (Fsp3) is 0.208. The van der Waals surface area contributed by atoms with Gasteiger partial charge in [-0.05, 0) is 12.1 Å². The third kappa shape index (κ3) is 4.95. The maximum Gasteiger partial charge on any atom is 0.426 e. The zero-order chi connectivity index (χ0) is 27.8. The molecule has 5 aromatic rings. The number of aliphatic hydroxyl groups is 1. The van der Waals surface area contributed by atoms with E-state index in [1.54, 1.807) is 24.3 Å². The van der Waals surface area contributed by atoms with Crippen molar-refractivity contribution >= 4 is 5.82 Å². The molecule has 0 aliphatic rings. The lowest BCUT2D eigenvalue weighted by Gasteiger charge is -2.30. The minimum atomic E-state index is -5.15. The molecule has 15 heteroatoms. The predicted molar refractivity (Wildman–Crippen MR) is 126 cm³/mol. The highest BCUT2D eigenvalue weighted by Crippen LogP contribution is 2.38. The molecule has 0 saturated carbocycles. The minimum Gasteiger partial charge on any atom is -0.373 e. The monoisotopic (exact) mass is 546 g/mol. The molecule has 0 bridgehead atoms. The first-order chi connectivity index (χ1) is 18.6. The summed E-state index contributed by atoms with van der Waals surface area (Å²) in [5.41, 5.74) is -2.28. The van der Waals surface area contributed by atoms with E-state index in [1.807, 2.05) is 0 Å². The van der Waals surface area contributed by atoms with Crippen LogP contribution in [0.4, 0.5) is 27.8 Å². The van der Waals surface area contributed by atoms with Gasteiger partial charge in [-0.15, -0.1) is 0 Å². The number of benzene rings is 1. The summed E-state index contributed by atoms with van der Waals surface area (Å²) in [5.74, 6) is -2.98. The number of nitrogens with one attached hydrogen (secondary N) is 1. The van der Waals surface area contributed by atoms with Gasteiger partial charge in [0.15, 0.2) is 23.3 Å². The van der Waals surface area contributed by atoms with Crippen LogP contribution in [-0.2, 0) is 19.2 Å². The summed E-state index contributed by atoms with van der Waals surface area (Å²) in [4.78, 5) is 11.5. The van der Waals surface area contributed by atoms with Crippen molar-refractivity contribution in [2.75, 3.05) is 11.9 Å². The molecule has 0 saturated heterocycles. The van der Waals surface area contributed by atoms with Crippen molar-refractivity contribution in [1.82, 2.24) is 34.5 Å². The Kier molecular flexibility index (Phi) is 6.59. The Morgan fingerprint density at radius 3 is 2.51 bits per heavy atom. The highest BCUT2D eigenvalue weighted by atomic mass is 19.4. The molecule has 39 heavy (non-hydrogen) atoms. The molecule has 0 radical (unpaired) electrons. The molecule has 10 nitrogen and oxygen atoms in total. The zero-order valence-corrected chi connectivity index (χ0v) is 20.1. The highest BCUT2D eigenvalue weighted by molar-refractivity contribution is 5.63. The second kappa shape index (κ2) is 9.90. The van der Waals surface area contributed by atoms with Gasteiger partial charge in [-0.3, -0.25) is 4.68 Å². The standard InChI is InChI=1S/C24H19F5N8O2/c1-36-8-7-30-22(36)23(38,24(27,28)29)13-32-20-16(26)11-31-21(33-20)18-10-19(17-6-9-39-35-17)37(34-18)12-14-4-2-3-5-15(14)25/h2-11,38H,12-13H2,1H3,(H,31,32,33). The fourth-order valence-electron chi connectivity index (χ4n) is 3.88. The largest absolute Gasteiger partial charge is 0.426 e. The molecule has 1 atom stereocenters. The second-order valence-electron chi connectivity index (χ2n) is 8.51.